The molecule has 0 unspecified atom stereocenters. The lowest BCUT2D eigenvalue weighted by atomic mass is 10.1. The molecule has 138 valence electrons. The van der Waals surface area contributed by atoms with E-state index in [1.165, 1.54) is 24.9 Å². The van der Waals surface area contributed by atoms with E-state index in [1.54, 1.807) is 0 Å². The predicted octanol–water partition coefficient (Wildman–Crippen LogP) is 2.29. The number of urea groups is 1. The zero-order valence-electron chi connectivity index (χ0n) is 15.0. The van der Waals surface area contributed by atoms with Crippen LogP contribution in [0.2, 0.25) is 0 Å². The number of aryl methyl sites for hydroxylation is 2. The van der Waals surface area contributed by atoms with Crippen LogP contribution in [0.25, 0.3) is 0 Å². The monoisotopic (exact) mass is 354 g/mol. The molecule has 2 saturated heterocycles. The Morgan fingerprint density at radius 1 is 1.15 bits per heavy atom. The van der Waals surface area contributed by atoms with Gasteiger partial charge in [0.15, 0.2) is 0 Å². The summed E-state index contributed by atoms with van der Waals surface area (Å²) in [6.45, 7) is 3.87. The second kappa shape index (κ2) is 7.86. The molecule has 2 fully saturated rings. The first-order valence-electron chi connectivity index (χ1n) is 9.53. The topological polar surface area (TPSA) is 77.1 Å². The molecule has 4 rings (SSSR count). The van der Waals surface area contributed by atoms with E-state index in [4.69, 9.17) is 0 Å². The van der Waals surface area contributed by atoms with Crippen molar-refractivity contribution in [1.82, 2.24) is 25.0 Å². The van der Waals surface area contributed by atoms with Crippen LogP contribution >= 0.6 is 0 Å². The van der Waals surface area contributed by atoms with Gasteiger partial charge < -0.3 is 4.90 Å². The lowest BCUT2D eigenvalue weighted by Gasteiger charge is -2.25. The largest absolute Gasteiger partial charge is 0.324 e. The molecule has 2 aliphatic heterocycles. The summed E-state index contributed by atoms with van der Waals surface area (Å²) in [7, 11) is 0. The summed E-state index contributed by atoms with van der Waals surface area (Å²) >= 11 is 0. The Hall–Kier alpha value is -2.41. The van der Waals surface area contributed by atoms with Gasteiger partial charge in [0.2, 0.25) is 5.95 Å². The number of aromatic amines is 1. The fourth-order valence-electron chi connectivity index (χ4n) is 3.94. The van der Waals surface area contributed by atoms with Crippen LogP contribution in [0.3, 0.4) is 0 Å². The highest BCUT2D eigenvalue weighted by Crippen LogP contribution is 2.21. The van der Waals surface area contributed by atoms with Crippen LogP contribution in [0, 0.1) is 0 Å². The second-order valence-electron chi connectivity index (χ2n) is 7.15. The van der Waals surface area contributed by atoms with Gasteiger partial charge in [-0.3, -0.25) is 15.3 Å². The molecule has 1 aromatic carbocycles. The van der Waals surface area contributed by atoms with Crippen molar-refractivity contribution in [2.45, 2.75) is 38.1 Å². The molecule has 26 heavy (non-hydrogen) atoms. The van der Waals surface area contributed by atoms with Crippen molar-refractivity contribution < 1.29 is 4.79 Å². The molecular weight excluding hydrogens is 328 g/mol. The van der Waals surface area contributed by atoms with Crippen LogP contribution in [-0.2, 0) is 12.8 Å². The van der Waals surface area contributed by atoms with Crippen molar-refractivity contribution in [3.05, 3.63) is 41.7 Å². The molecule has 0 saturated carbocycles. The molecule has 0 spiro atoms. The van der Waals surface area contributed by atoms with E-state index in [2.05, 4.69) is 37.5 Å². The standard InChI is InChI=1S/C19H26N6O/c26-19(25-13-5-12-24-11-4-8-16(24)14-25)21-18-20-17(22-23-18)10-9-15-6-2-1-3-7-15/h1-3,6-7,16H,4-5,8-14H2,(H2,20,21,22,23,26)/t16-/m1/s1. The van der Waals surface area contributed by atoms with Gasteiger partial charge in [0.25, 0.3) is 0 Å². The molecule has 2 aliphatic rings. The zero-order valence-corrected chi connectivity index (χ0v) is 15.0. The van der Waals surface area contributed by atoms with Crippen molar-refractivity contribution in [2.75, 3.05) is 31.5 Å². The first-order valence-corrected chi connectivity index (χ1v) is 9.53. The van der Waals surface area contributed by atoms with Crippen LogP contribution in [0.5, 0.6) is 0 Å². The van der Waals surface area contributed by atoms with Crippen molar-refractivity contribution >= 4 is 12.0 Å². The lowest BCUT2D eigenvalue weighted by molar-refractivity contribution is 0.200. The number of amides is 2. The van der Waals surface area contributed by atoms with E-state index in [0.29, 0.717) is 12.0 Å². The van der Waals surface area contributed by atoms with Gasteiger partial charge in [-0.2, -0.15) is 4.98 Å². The van der Waals surface area contributed by atoms with Gasteiger partial charge in [0.05, 0.1) is 0 Å². The predicted molar refractivity (Wildman–Crippen MR) is 100 cm³/mol. The SMILES string of the molecule is O=C(Nc1n[nH]c(CCc2ccccc2)n1)N1CCCN2CCC[C@@H]2C1. The number of H-pyrrole nitrogens is 1. The van der Waals surface area contributed by atoms with E-state index < -0.39 is 0 Å². The molecule has 1 aromatic heterocycles. The number of hydrogen-bond acceptors (Lipinski definition) is 4. The number of benzene rings is 1. The van der Waals surface area contributed by atoms with Gasteiger partial charge >= 0.3 is 6.03 Å². The molecule has 2 amide bonds. The fourth-order valence-corrected chi connectivity index (χ4v) is 3.94. The number of nitrogens with zero attached hydrogens (tertiary/aromatic N) is 4. The van der Waals surface area contributed by atoms with Crippen molar-refractivity contribution in [3.63, 3.8) is 0 Å². The number of anilines is 1. The number of nitrogens with one attached hydrogen (secondary N) is 2. The van der Waals surface area contributed by atoms with Gasteiger partial charge in [0, 0.05) is 32.1 Å². The van der Waals surface area contributed by atoms with Gasteiger partial charge in [-0.1, -0.05) is 30.3 Å². The molecular formula is C19H26N6O. The van der Waals surface area contributed by atoms with Crippen LogP contribution < -0.4 is 5.32 Å². The third-order valence-electron chi connectivity index (χ3n) is 5.33. The third-order valence-corrected chi connectivity index (χ3v) is 5.33. The van der Waals surface area contributed by atoms with Crippen molar-refractivity contribution in [2.24, 2.45) is 0 Å². The first-order chi connectivity index (χ1) is 12.8. The number of hydrogen-bond donors (Lipinski definition) is 2. The number of rotatable bonds is 4. The van der Waals surface area contributed by atoms with Gasteiger partial charge in [0.1, 0.15) is 5.82 Å². The summed E-state index contributed by atoms with van der Waals surface area (Å²) in [4.78, 5) is 21.4. The van der Waals surface area contributed by atoms with Gasteiger partial charge in [-0.25, -0.2) is 4.79 Å². The number of aromatic nitrogens is 3. The van der Waals surface area contributed by atoms with Crippen molar-refractivity contribution in [1.29, 1.82) is 0 Å². The Morgan fingerprint density at radius 2 is 2.00 bits per heavy atom. The minimum absolute atomic E-state index is 0.0904. The Morgan fingerprint density at radius 3 is 2.88 bits per heavy atom. The lowest BCUT2D eigenvalue weighted by Crippen LogP contribution is -2.41. The molecule has 7 heteroatoms. The number of carbonyl (C=O) groups excluding carboxylic acids is 1. The average molecular weight is 354 g/mol. The number of fused-ring (bicyclic) bond motifs is 1. The highest BCUT2D eigenvalue weighted by Gasteiger charge is 2.30. The Bertz CT molecular complexity index is 731. The van der Waals surface area contributed by atoms with E-state index in [0.717, 1.165) is 44.7 Å². The van der Waals surface area contributed by atoms with E-state index in [-0.39, 0.29) is 6.03 Å². The smallest absolute Gasteiger partial charge is 0.323 e. The maximum Gasteiger partial charge on any atom is 0.324 e. The summed E-state index contributed by atoms with van der Waals surface area (Å²) in [6, 6.07) is 10.7. The summed E-state index contributed by atoms with van der Waals surface area (Å²) in [6.07, 6.45) is 5.13. The van der Waals surface area contributed by atoms with E-state index >= 15 is 0 Å². The summed E-state index contributed by atoms with van der Waals surface area (Å²) in [5.41, 5.74) is 1.26. The van der Waals surface area contributed by atoms with Crippen LogP contribution in [0.4, 0.5) is 10.7 Å². The van der Waals surface area contributed by atoms with Crippen LogP contribution in [0.1, 0.15) is 30.7 Å². The zero-order chi connectivity index (χ0) is 17.8. The third kappa shape index (κ3) is 4.04. The maximum absolute atomic E-state index is 12.6. The summed E-state index contributed by atoms with van der Waals surface area (Å²) < 4.78 is 0. The molecule has 2 N–H and O–H groups in total. The Labute approximate surface area is 153 Å². The maximum atomic E-state index is 12.6. The Balaban J connectivity index is 1.31. The molecule has 7 nitrogen and oxygen atoms in total. The fraction of sp³-hybridized carbons (Fsp3) is 0.526. The summed E-state index contributed by atoms with van der Waals surface area (Å²) in [5.74, 6) is 1.16. The number of carbonyl (C=O) groups is 1. The van der Waals surface area contributed by atoms with Crippen molar-refractivity contribution in [3.8, 4) is 0 Å². The molecule has 3 heterocycles. The summed E-state index contributed by atoms with van der Waals surface area (Å²) in [5, 5.41) is 9.93. The molecule has 0 radical (unpaired) electrons. The van der Waals surface area contributed by atoms with E-state index in [9.17, 15) is 4.79 Å². The van der Waals surface area contributed by atoms with Gasteiger partial charge in [-0.15, -0.1) is 5.10 Å². The van der Waals surface area contributed by atoms with E-state index in [1.807, 2.05) is 23.1 Å². The minimum atomic E-state index is -0.0904. The minimum Gasteiger partial charge on any atom is -0.323 e. The molecule has 2 aromatic rings. The normalized spacial score (nSPS) is 20.6. The van der Waals surface area contributed by atoms with Gasteiger partial charge in [-0.05, 0) is 37.8 Å². The average Bonchev–Trinajstić information content (AvgIpc) is 3.25. The first kappa shape index (κ1) is 17.0. The molecule has 0 bridgehead atoms. The highest BCUT2D eigenvalue weighted by atomic mass is 16.2. The Kier molecular flexibility index (Phi) is 5.15. The van der Waals surface area contributed by atoms with Crippen LogP contribution in [-0.4, -0.2) is 63.2 Å². The molecule has 1 atom stereocenters. The highest BCUT2D eigenvalue weighted by molar-refractivity contribution is 5.87. The molecule has 0 aliphatic carbocycles. The second-order valence-corrected chi connectivity index (χ2v) is 7.15. The quantitative estimate of drug-likeness (QED) is 0.883. The van der Waals surface area contributed by atoms with Crippen LogP contribution in [0.15, 0.2) is 30.3 Å².